The molecule has 0 aliphatic carbocycles. The van der Waals surface area contributed by atoms with Gasteiger partial charge < -0.3 is 4.74 Å². The quantitative estimate of drug-likeness (QED) is 0.616. The number of carbonyl (C=O) groups excluding carboxylic acids is 1. The predicted molar refractivity (Wildman–Crippen MR) is 109 cm³/mol. The molecule has 0 saturated carbocycles. The molecular weight excluding hydrogens is 372 g/mol. The zero-order valence-corrected chi connectivity index (χ0v) is 16.5. The SMILES string of the molecule is CC[C@@H]1Oc2nc(SCc3ccccc3)nnc2-c2ccccc2N1C(C)=O. The number of amides is 1. The summed E-state index contributed by atoms with van der Waals surface area (Å²) < 4.78 is 6.13. The molecule has 1 amide bonds. The minimum absolute atomic E-state index is 0.0845. The van der Waals surface area contributed by atoms with E-state index in [1.807, 2.05) is 49.4 Å². The monoisotopic (exact) mass is 392 g/mol. The smallest absolute Gasteiger partial charge is 0.247 e. The van der Waals surface area contributed by atoms with E-state index in [4.69, 9.17) is 4.74 Å². The molecule has 1 aliphatic rings. The number of carbonyl (C=O) groups is 1. The molecule has 0 fully saturated rings. The van der Waals surface area contributed by atoms with E-state index in [9.17, 15) is 4.79 Å². The van der Waals surface area contributed by atoms with E-state index in [1.54, 1.807) is 11.8 Å². The van der Waals surface area contributed by atoms with E-state index in [-0.39, 0.29) is 5.91 Å². The number of hydrogen-bond donors (Lipinski definition) is 0. The van der Waals surface area contributed by atoms with Gasteiger partial charge in [0.2, 0.25) is 16.9 Å². The van der Waals surface area contributed by atoms with E-state index in [2.05, 4.69) is 27.3 Å². The number of fused-ring (bicyclic) bond motifs is 3. The number of benzene rings is 2. The van der Waals surface area contributed by atoms with Crippen LogP contribution < -0.4 is 9.64 Å². The molecule has 0 spiro atoms. The third-order valence-electron chi connectivity index (χ3n) is 4.49. The van der Waals surface area contributed by atoms with Gasteiger partial charge in [-0.15, -0.1) is 10.2 Å². The van der Waals surface area contributed by atoms with Crippen molar-refractivity contribution in [2.75, 3.05) is 4.90 Å². The molecule has 2 heterocycles. The molecule has 1 aliphatic heterocycles. The fourth-order valence-electron chi connectivity index (χ4n) is 3.19. The third-order valence-corrected chi connectivity index (χ3v) is 5.40. The first-order valence-electron chi connectivity index (χ1n) is 9.14. The van der Waals surface area contributed by atoms with E-state index < -0.39 is 6.23 Å². The Morgan fingerprint density at radius 3 is 2.61 bits per heavy atom. The molecule has 6 nitrogen and oxygen atoms in total. The van der Waals surface area contributed by atoms with Gasteiger partial charge in [-0.05, 0) is 11.6 Å². The Hall–Kier alpha value is -2.93. The van der Waals surface area contributed by atoms with Crippen molar-refractivity contribution < 1.29 is 9.53 Å². The summed E-state index contributed by atoms with van der Waals surface area (Å²) in [6, 6.07) is 17.8. The molecule has 4 rings (SSSR count). The zero-order valence-electron chi connectivity index (χ0n) is 15.7. The highest BCUT2D eigenvalue weighted by atomic mass is 32.2. The van der Waals surface area contributed by atoms with Crippen LogP contribution in [0.2, 0.25) is 0 Å². The summed E-state index contributed by atoms with van der Waals surface area (Å²) in [6.45, 7) is 3.52. The van der Waals surface area contributed by atoms with Crippen molar-refractivity contribution in [3.63, 3.8) is 0 Å². The van der Waals surface area contributed by atoms with Gasteiger partial charge in [0, 0.05) is 24.7 Å². The molecule has 0 N–H and O–H groups in total. The molecule has 0 unspecified atom stereocenters. The van der Waals surface area contributed by atoms with Crippen LogP contribution in [0, 0.1) is 0 Å². The van der Waals surface area contributed by atoms with Gasteiger partial charge in [0.15, 0.2) is 11.9 Å². The summed E-state index contributed by atoms with van der Waals surface area (Å²) in [5.74, 6) is 1.07. The van der Waals surface area contributed by atoms with E-state index in [0.717, 1.165) is 17.0 Å². The molecule has 0 bridgehead atoms. The Bertz CT molecular complexity index is 997. The van der Waals surface area contributed by atoms with Gasteiger partial charge in [-0.1, -0.05) is 67.2 Å². The van der Waals surface area contributed by atoms with Crippen molar-refractivity contribution >= 4 is 23.4 Å². The molecule has 142 valence electrons. The number of aromatic nitrogens is 3. The highest BCUT2D eigenvalue weighted by Gasteiger charge is 2.32. The first-order chi connectivity index (χ1) is 13.7. The second-order valence-corrected chi connectivity index (χ2v) is 7.35. The Morgan fingerprint density at radius 2 is 1.86 bits per heavy atom. The van der Waals surface area contributed by atoms with Gasteiger partial charge in [0.25, 0.3) is 0 Å². The number of rotatable bonds is 4. The molecule has 0 saturated heterocycles. The molecule has 0 radical (unpaired) electrons. The first kappa shape index (κ1) is 18.4. The topological polar surface area (TPSA) is 68.2 Å². The normalized spacial score (nSPS) is 15.2. The fourth-order valence-corrected chi connectivity index (χ4v) is 3.93. The summed E-state index contributed by atoms with van der Waals surface area (Å²) in [5, 5.41) is 9.23. The Balaban J connectivity index is 1.71. The van der Waals surface area contributed by atoms with Crippen LogP contribution in [0.5, 0.6) is 5.88 Å². The van der Waals surface area contributed by atoms with Crippen molar-refractivity contribution in [1.29, 1.82) is 0 Å². The molecule has 7 heteroatoms. The minimum atomic E-state index is -0.441. The number of anilines is 1. The van der Waals surface area contributed by atoms with Gasteiger partial charge in [0.05, 0.1) is 5.69 Å². The van der Waals surface area contributed by atoms with Crippen molar-refractivity contribution in [2.24, 2.45) is 0 Å². The number of thioether (sulfide) groups is 1. The maximum atomic E-state index is 12.3. The van der Waals surface area contributed by atoms with Gasteiger partial charge in [0.1, 0.15) is 0 Å². The van der Waals surface area contributed by atoms with Gasteiger partial charge in [-0.25, -0.2) is 0 Å². The van der Waals surface area contributed by atoms with E-state index in [1.165, 1.54) is 17.3 Å². The van der Waals surface area contributed by atoms with Crippen LogP contribution >= 0.6 is 11.8 Å². The first-order valence-corrected chi connectivity index (χ1v) is 10.1. The average Bonchev–Trinajstić information content (AvgIpc) is 2.87. The van der Waals surface area contributed by atoms with E-state index in [0.29, 0.717) is 23.2 Å². The van der Waals surface area contributed by atoms with Gasteiger partial charge in [-0.2, -0.15) is 4.98 Å². The Morgan fingerprint density at radius 1 is 1.11 bits per heavy atom. The van der Waals surface area contributed by atoms with E-state index >= 15 is 0 Å². The lowest BCUT2D eigenvalue weighted by atomic mass is 10.1. The fraction of sp³-hybridized carbons (Fsp3) is 0.238. The summed E-state index contributed by atoms with van der Waals surface area (Å²) in [7, 11) is 0. The number of para-hydroxylation sites is 1. The molecule has 28 heavy (non-hydrogen) atoms. The second-order valence-electron chi connectivity index (χ2n) is 6.41. The zero-order chi connectivity index (χ0) is 19.5. The van der Waals surface area contributed by atoms with Gasteiger partial charge in [-0.3, -0.25) is 9.69 Å². The third kappa shape index (κ3) is 3.57. The van der Waals surface area contributed by atoms with Crippen LogP contribution in [-0.2, 0) is 10.5 Å². The summed E-state index contributed by atoms with van der Waals surface area (Å²) in [5.41, 5.74) is 3.30. The van der Waals surface area contributed by atoms with Crippen LogP contribution in [0.1, 0.15) is 25.8 Å². The average molecular weight is 392 g/mol. The van der Waals surface area contributed by atoms with Crippen molar-refractivity contribution in [3.05, 3.63) is 60.2 Å². The lowest BCUT2D eigenvalue weighted by molar-refractivity contribution is -0.118. The number of nitrogens with zero attached hydrogens (tertiary/aromatic N) is 4. The highest BCUT2D eigenvalue weighted by molar-refractivity contribution is 7.98. The van der Waals surface area contributed by atoms with Crippen molar-refractivity contribution in [1.82, 2.24) is 15.2 Å². The van der Waals surface area contributed by atoms with Crippen molar-refractivity contribution in [3.8, 4) is 17.1 Å². The summed E-state index contributed by atoms with van der Waals surface area (Å²) in [4.78, 5) is 18.6. The summed E-state index contributed by atoms with van der Waals surface area (Å²) in [6.07, 6.45) is 0.188. The number of ether oxygens (including phenoxy) is 1. The lowest BCUT2D eigenvalue weighted by Crippen LogP contribution is -2.42. The largest absolute Gasteiger partial charge is 0.451 e. The Kier molecular flexibility index (Phi) is 5.25. The van der Waals surface area contributed by atoms with Gasteiger partial charge >= 0.3 is 0 Å². The Labute approximate surface area is 168 Å². The predicted octanol–water partition coefficient (Wildman–Crippen LogP) is 4.31. The maximum Gasteiger partial charge on any atom is 0.247 e. The van der Waals surface area contributed by atoms with Crippen LogP contribution in [0.3, 0.4) is 0 Å². The van der Waals surface area contributed by atoms with Crippen LogP contribution in [0.4, 0.5) is 5.69 Å². The highest BCUT2D eigenvalue weighted by Crippen LogP contribution is 2.39. The number of hydrogen-bond acceptors (Lipinski definition) is 6. The van der Waals surface area contributed by atoms with Crippen LogP contribution in [0.15, 0.2) is 59.8 Å². The molecule has 1 atom stereocenters. The second kappa shape index (κ2) is 7.98. The minimum Gasteiger partial charge on any atom is -0.451 e. The lowest BCUT2D eigenvalue weighted by Gasteiger charge is -2.28. The molecular formula is C21H20N4O2S. The van der Waals surface area contributed by atoms with Crippen LogP contribution in [0.25, 0.3) is 11.3 Å². The standard InChI is InChI=1S/C21H20N4O2S/c1-3-18-25(14(2)26)17-12-8-7-11-16(17)19-20(27-18)22-21(24-23-19)28-13-15-9-5-4-6-10-15/h4-12,18H,3,13H2,1-2H3/t18-/m0/s1. The summed E-state index contributed by atoms with van der Waals surface area (Å²) >= 11 is 1.51. The molecule has 2 aromatic carbocycles. The van der Waals surface area contributed by atoms with Crippen LogP contribution in [-0.4, -0.2) is 27.3 Å². The molecule has 1 aromatic heterocycles. The maximum absolute atomic E-state index is 12.3. The molecule has 3 aromatic rings. The van der Waals surface area contributed by atoms with Crippen molar-refractivity contribution in [2.45, 2.75) is 37.4 Å².